The van der Waals surface area contributed by atoms with Crippen LogP contribution in [-0.4, -0.2) is 22.6 Å². The molecule has 0 radical (unpaired) electrons. The maximum atomic E-state index is 12.7. The van der Waals surface area contributed by atoms with Crippen molar-refractivity contribution in [2.75, 3.05) is 11.4 Å². The number of fused-ring (bicyclic) bond motifs is 1. The average Bonchev–Trinajstić information content (AvgIpc) is 2.57. The molecule has 0 saturated heterocycles. The Morgan fingerprint density at radius 1 is 1.09 bits per heavy atom. The van der Waals surface area contributed by atoms with Crippen LogP contribution in [0, 0.1) is 0 Å². The van der Waals surface area contributed by atoms with Crippen LogP contribution in [0.15, 0.2) is 59.4 Å². The van der Waals surface area contributed by atoms with Gasteiger partial charge >= 0.3 is 0 Å². The molecule has 0 atom stereocenters. The summed E-state index contributed by atoms with van der Waals surface area (Å²) in [6.45, 7) is 2.32. The standard InChI is InChI=1S/C17H15N3O2/c1-2-20(12-8-4-3-5-9-12)17(22)15-16(21)13-10-6-7-11-14(13)18-19-15/h3-11H,2H2,1H3,(H,18,21). The number of aromatic nitrogens is 2. The van der Waals surface area contributed by atoms with E-state index in [-0.39, 0.29) is 11.1 Å². The number of rotatable bonds is 3. The van der Waals surface area contributed by atoms with Gasteiger partial charge in [0.05, 0.1) is 5.52 Å². The Bertz CT molecular complexity index is 872. The van der Waals surface area contributed by atoms with Gasteiger partial charge in [-0.2, -0.15) is 5.10 Å². The molecule has 1 amide bonds. The molecule has 0 bridgehead atoms. The predicted molar refractivity (Wildman–Crippen MR) is 86.2 cm³/mol. The van der Waals surface area contributed by atoms with Crippen LogP contribution < -0.4 is 10.3 Å². The van der Waals surface area contributed by atoms with Crippen LogP contribution in [0.1, 0.15) is 17.4 Å². The van der Waals surface area contributed by atoms with Crippen molar-refractivity contribution in [2.24, 2.45) is 0 Å². The lowest BCUT2D eigenvalue weighted by Gasteiger charge is -2.20. The highest BCUT2D eigenvalue weighted by atomic mass is 16.2. The number of amides is 1. The second-order valence-corrected chi connectivity index (χ2v) is 4.83. The maximum Gasteiger partial charge on any atom is 0.282 e. The van der Waals surface area contributed by atoms with Crippen molar-refractivity contribution >= 4 is 22.5 Å². The Morgan fingerprint density at radius 2 is 1.77 bits per heavy atom. The third-order valence-corrected chi connectivity index (χ3v) is 3.51. The highest BCUT2D eigenvalue weighted by Crippen LogP contribution is 2.15. The average molecular weight is 293 g/mol. The van der Waals surface area contributed by atoms with E-state index in [2.05, 4.69) is 10.2 Å². The zero-order valence-corrected chi connectivity index (χ0v) is 12.1. The van der Waals surface area contributed by atoms with E-state index in [1.165, 1.54) is 4.90 Å². The van der Waals surface area contributed by atoms with E-state index >= 15 is 0 Å². The maximum absolute atomic E-state index is 12.7. The number of carbonyl (C=O) groups excluding carboxylic acids is 1. The zero-order chi connectivity index (χ0) is 15.5. The van der Waals surface area contributed by atoms with Crippen LogP contribution in [0.3, 0.4) is 0 Å². The molecule has 0 unspecified atom stereocenters. The number of hydrogen-bond donors (Lipinski definition) is 1. The van der Waals surface area contributed by atoms with Gasteiger partial charge in [-0.15, -0.1) is 0 Å². The van der Waals surface area contributed by atoms with E-state index in [1.54, 1.807) is 18.2 Å². The van der Waals surface area contributed by atoms with E-state index in [1.807, 2.05) is 43.3 Å². The molecule has 22 heavy (non-hydrogen) atoms. The summed E-state index contributed by atoms with van der Waals surface area (Å²) in [5.74, 6) is -0.402. The van der Waals surface area contributed by atoms with E-state index < -0.39 is 5.91 Å². The molecular formula is C17H15N3O2. The highest BCUT2D eigenvalue weighted by molar-refractivity contribution is 6.05. The lowest BCUT2D eigenvalue weighted by molar-refractivity contribution is 0.0981. The zero-order valence-electron chi connectivity index (χ0n) is 12.1. The number of benzene rings is 2. The fourth-order valence-corrected chi connectivity index (χ4v) is 2.40. The minimum atomic E-state index is -0.402. The normalized spacial score (nSPS) is 10.6. The van der Waals surface area contributed by atoms with Crippen LogP contribution in [0.4, 0.5) is 5.69 Å². The largest absolute Gasteiger partial charge is 0.307 e. The third-order valence-electron chi connectivity index (χ3n) is 3.51. The Labute approximate surface area is 127 Å². The molecule has 0 fully saturated rings. The van der Waals surface area contributed by atoms with Crippen LogP contribution in [0.2, 0.25) is 0 Å². The lowest BCUT2D eigenvalue weighted by Crippen LogP contribution is -2.35. The molecule has 0 saturated carbocycles. The topological polar surface area (TPSA) is 66.1 Å². The Balaban J connectivity index is 2.08. The first-order valence-electron chi connectivity index (χ1n) is 7.06. The first-order valence-corrected chi connectivity index (χ1v) is 7.06. The van der Waals surface area contributed by atoms with E-state index in [9.17, 15) is 9.59 Å². The molecule has 3 rings (SSSR count). The summed E-state index contributed by atoms with van der Waals surface area (Å²) >= 11 is 0. The van der Waals surface area contributed by atoms with Crippen molar-refractivity contribution in [2.45, 2.75) is 6.92 Å². The summed E-state index contributed by atoms with van der Waals surface area (Å²) in [5, 5.41) is 7.21. The molecule has 0 aliphatic rings. The Hall–Kier alpha value is -2.95. The summed E-state index contributed by atoms with van der Waals surface area (Å²) in [5.41, 5.74) is 0.911. The Morgan fingerprint density at radius 3 is 2.50 bits per heavy atom. The molecule has 5 nitrogen and oxygen atoms in total. The first-order chi connectivity index (χ1) is 10.7. The fraction of sp³-hybridized carbons (Fsp3) is 0.118. The minimum absolute atomic E-state index is 0.0931. The molecular weight excluding hydrogens is 278 g/mol. The second-order valence-electron chi connectivity index (χ2n) is 4.83. The van der Waals surface area contributed by atoms with Crippen molar-refractivity contribution in [3.63, 3.8) is 0 Å². The molecule has 1 heterocycles. The molecule has 0 aliphatic carbocycles. The van der Waals surface area contributed by atoms with Crippen molar-refractivity contribution < 1.29 is 4.79 Å². The number of para-hydroxylation sites is 2. The molecule has 2 aromatic carbocycles. The number of carbonyl (C=O) groups is 1. The summed E-state index contributed by atoms with van der Waals surface area (Å²) in [4.78, 5) is 26.7. The van der Waals surface area contributed by atoms with Crippen molar-refractivity contribution in [1.29, 1.82) is 0 Å². The highest BCUT2D eigenvalue weighted by Gasteiger charge is 2.21. The SMILES string of the molecule is CCN(C(=O)c1n[nH]c2ccccc2c1=O)c1ccccc1. The number of anilines is 1. The second kappa shape index (κ2) is 5.81. The van der Waals surface area contributed by atoms with Crippen LogP contribution in [-0.2, 0) is 0 Å². The fourth-order valence-electron chi connectivity index (χ4n) is 2.40. The van der Waals surface area contributed by atoms with E-state index in [4.69, 9.17) is 0 Å². The molecule has 110 valence electrons. The van der Waals surface area contributed by atoms with Gasteiger partial charge in [-0.1, -0.05) is 30.3 Å². The lowest BCUT2D eigenvalue weighted by atomic mass is 10.2. The Kier molecular flexibility index (Phi) is 3.70. The summed E-state index contributed by atoms with van der Waals surface area (Å²) in [6, 6.07) is 16.3. The summed E-state index contributed by atoms with van der Waals surface area (Å²) < 4.78 is 0. The predicted octanol–water partition coefficient (Wildman–Crippen LogP) is 2.59. The van der Waals surface area contributed by atoms with Gasteiger partial charge in [0.15, 0.2) is 5.69 Å². The molecule has 1 aromatic heterocycles. The molecule has 1 N–H and O–H groups in total. The van der Waals surface area contributed by atoms with E-state index in [0.717, 1.165) is 5.69 Å². The van der Waals surface area contributed by atoms with Crippen LogP contribution >= 0.6 is 0 Å². The van der Waals surface area contributed by atoms with Gasteiger partial charge in [0.25, 0.3) is 5.91 Å². The van der Waals surface area contributed by atoms with Gasteiger partial charge in [-0.05, 0) is 31.2 Å². The van der Waals surface area contributed by atoms with Gasteiger partial charge in [0.1, 0.15) is 0 Å². The smallest absolute Gasteiger partial charge is 0.282 e. The number of aromatic amines is 1. The molecule has 0 spiro atoms. The third kappa shape index (κ3) is 2.37. The quantitative estimate of drug-likeness (QED) is 0.807. The van der Waals surface area contributed by atoms with Gasteiger partial charge in [-0.25, -0.2) is 0 Å². The molecule has 5 heteroatoms. The number of nitrogens with zero attached hydrogens (tertiary/aromatic N) is 2. The van der Waals surface area contributed by atoms with Crippen molar-refractivity contribution in [3.05, 3.63) is 70.5 Å². The number of hydrogen-bond acceptors (Lipinski definition) is 3. The monoisotopic (exact) mass is 293 g/mol. The molecule has 3 aromatic rings. The van der Waals surface area contributed by atoms with Crippen LogP contribution in [0.5, 0.6) is 0 Å². The van der Waals surface area contributed by atoms with Gasteiger partial charge in [0.2, 0.25) is 5.43 Å². The van der Waals surface area contributed by atoms with Crippen molar-refractivity contribution in [1.82, 2.24) is 10.2 Å². The van der Waals surface area contributed by atoms with Crippen molar-refractivity contribution in [3.8, 4) is 0 Å². The summed E-state index contributed by atoms with van der Waals surface area (Å²) in [6.07, 6.45) is 0. The van der Waals surface area contributed by atoms with Gasteiger partial charge in [-0.3, -0.25) is 14.7 Å². The molecule has 0 aliphatic heterocycles. The van der Waals surface area contributed by atoms with Gasteiger partial charge in [0, 0.05) is 17.6 Å². The number of nitrogens with one attached hydrogen (secondary N) is 1. The summed E-state index contributed by atoms with van der Waals surface area (Å²) in [7, 11) is 0. The van der Waals surface area contributed by atoms with Crippen LogP contribution in [0.25, 0.3) is 10.9 Å². The van der Waals surface area contributed by atoms with E-state index in [0.29, 0.717) is 17.4 Å². The number of H-pyrrole nitrogens is 1. The van der Waals surface area contributed by atoms with Gasteiger partial charge < -0.3 is 4.90 Å². The first kappa shape index (κ1) is 14.0. The minimum Gasteiger partial charge on any atom is -0.307 e.